The van der Waals surface area contributed by atoms with Gasteiger partial charge in [-0.2, -0.15) is 0 Å². The van der Waals surface area contributed by atoms with E-state index in [4.69, 9.17) is 10.5 Å². The summed E-state index contributed by atoms with van der Waals surface area (Å²) in [5.74, 6) is 0.862. The van der Waals surface area contributed by atoms with Crippen molar-refractivity contribution in [2.24, 2.45) is 5.73 Å². The number of nitrogens with zero attached hydrogens (tertiary/aromatic N) is 2. The van der Waals surface area contributed by atoms with E-state index in [9.17, 15) is 4.79 Å². The maximum atomic E-state index is 11.5. The van der Waals surface area contributed by atoms with Crippen LogP contribution in [0.3, 0.4) is 0 Å². The van der Waals surface area contributed by atoms with E-state index in [1.165, 1.54) is 0 Å². The predicted molar refractivity (Wildman–Crippen MR) is 79.7 cm³/mol. The number of carbonyl (C=O) groups is 1. The molecule has 6 heteroatoms. The lowest BCUT2D eigenvalue weighted by Crippen LogP contribution is -2.36. The summed E-state index contributed by atoms with van der Waals surface area (Å²) in [5, 5.41) is 2.65. The van der Waals surface area contributed by atoms with Crippen LogP contribution in [0.2, 0.25) is 0 Å². The zero-order chi connectivity index (χ0) is 15.3. The molecule has 20 heavy (non-hydrogen) atoms. The molecule has 112 valence electrons. The molecule has 0 aromatic carbocycles. The number of hydrogen-bond acceptors (Lipinski definition) is 5. The van der Waals surface area contributed by atoms with E-state index in [1.807, 2.05) is 51.9 Å². The minimum Gasteiger partial charge on any atom is -0.444 e. The average molecular weight is 280 g/mol. The van der Waals surface area contributed by atoms with Gasteiger partial charge in [0.25, 0.3) is 0 Å². The third kappa shape index (κ3) is 5.44. The normalized spacial score (nSPS) is 12.7. The summed E-state index contributed by atoms with van der Waals surface area (Å²) in [7, 11) is 3.85. The molecule has 6 nitrogen and oxygen atoms in total. The second-order valence-corrected chi connectivity index (χ2v) is 5.83. The van der Waals surface area contributed by atoms with Gasteiger partial charge < -0.3 is 20.7 Å². The lowest BCUT2D eigenvalue weighted by Gasteiger charge is -2.21. The second kappa shape index (κ2) is 6.56. The van der Waals surface area contributed by atoms with Gasteiger partial charge in [-0.05, 0) is 32.4 Å². The number of hydrogen-bond donors (Lipinski definition) is 2. The zero-order valence-corrected chi connectivity index (χ0v) is 12.8. The van der Waals surface area contributed by atoms with Crippen LogP contribution in [-0.4, -0.2) is 37.3 Å². The molecule has 1 amide bonds. The molecule has 1 rings (SSSR count). The molecule has 0 aliphatic carbocycles. The number of alkyl carbamates (subject to hydrolysis) is 1. The molecule has 0 fully saturated rings. The van der Waals surface area contributed by atoms with Crippen molar-refractivity contribution in [3.63, 3.8) is 0 Å². The third-order valence-corrected chi connectivity index (χ3v) is 2.52. The number of amides is 1. The van der Waals surface area contributed by atoms with Crippen LogP contribution in [0.15, 0.2) is 18.3 Å². The summed E-state index contributed by atoms with van der Waals surface area (Å²) in [6.45, 7) is 5.75. The number of anilines is 1. The van der Waals surface area contributed by atoms with E-state index in [1.54, 1.807) is 6.20 Å². The van der Waals surface area contributed by atoms with E-state index >= 15 is 0 Å². The van der Waals surface area contributed by atoms with Crippen molar-refractivity contribution >= 4 is 11.9 Å². The van der Waals surface area contributed by atoms with Crippen LogP contribution in [0.25, 0.3) is 0 Å². The van der Waals surface area contributed by atoms with E-state index in [2.05, 4.69) is 10.3 Å². The fourth-order valence-electron chi connectivity index (χ4n) is 1.51. The minimum atomic E-state index is -0.511. The van der Waals surface area contributed by atoms with E-state index in [-0.39, 0.29) is 6.04 Å². The van der Waals surface area contributed by atoms with Gasteiger partial charge in [-0.15, -0.1) is 0 Å². The molecule has 0 aliphatic rings. The molecule has 0 saturated heterocycles. The van der Waals surface area contributed by atoms with Crippen molar-refractivity contribution in [1.82, 2.24) is 10.3 Å². The Morgan fingerprint density at radius 1 is 1.45 bits per heavy atom. The van der Waals surface area contributed by atoms with Gasteiger partial charge in [0.1, 0.15) is 11.4 Å². The van der Waals surface area contributed by atoms with Crippen molar-refractivity contribution in [3.8, 4) is 0 Å². The van der Waals surface area contributed by atoms with Gasteiger partial charge in [0.15, 0.2) is 0 Å². The molecule has 0 saturated carbocycles. The molecular weight excluding hydrogens is 256 g/mol. The Labute approximate surface area is 120 Å². The summed E-state index contributed by atoms with van der Waals surface area (Å²) in [6, 6.07) is 3.48. The Balaban J connectivity index is 2.50. The Morgan fingerprint density at radius 3 is 2.55 bits per heavy atom. The number of nitrogens with two attached hydrogens (primary N) is 1. The molecule has 0 spiro atoms. The molecule has 0 radical (unpaired) electrons. The fraction of sp³-hybridized carbons (Fsp3) is 0.571. The van der Waals surface area contributed by atoms with Crippen LogP contribution in [0.1, 0.15) is 32.4 Å². The summed E-state index contributed by atoms with van der Waals surface area (Å²) in [5.41, 5.74) is 6.37. The number of carbonyl (C=O) groups excluding carboxylic acids is 1. The SMILES string of the molecule is CN(C)c1ccc(C(N)CNC(=O)OC(C)(C)C)cn1. The molecule has 1 aromatic heterocycles. The Hall–Kier alpha value is -1.82. The fourth-order valence-corrected chi connectivity index (χ4v) is 1.51. The van der Waals surface area contributed by atoms with Crippen LogP contribution in [0, 0.1) is 0 Å². The standard InChI is InChI=1S/C14H24N4O2/c1-14(2,3)20-13(19)17-9-11(15)10-6-7-12(16-8-10)18(4)5/h6-8,11H,9,15H2,1-5H3,(H,17,19). The number of nitrogens with one attached hydrogen (secondary N) is 1. The van der Waals surface area contributed by atoms with Gasteiger partial charge in [0, 0.05) is 32.9 Å². The first-order valence-electron chi connectivity index (χ1n) is 6.55. The Morgan fingerprint density at radius 2 is 2.10 bits per heavy atom. The largest absolute Gasteiger partial charge is 0.444 e. The highest BCUT2D eigenvalue weighted by atomic mass is 16.6. The lowest BCUT2D eigenvalue weighted by atomic mass is 10.1. The summed E-state index contributed by atoms with van der Waals surface area (Å²) < 4.78 is 5.15. The van der Waals surface area contributed by atoms with Crippen molar-refractivity contribution in [2.45, 2.75) is 32.4 Å². The van der Waals surface area contributed by atoms with Crippen molar-refractivity contribution < 1.29 is 9.53 Å². The van der Waals surface area contributed by atoms with Gasteiger partial charge >= 0.3 is 6.09 Å². The summed E-state index contributed by atoms with van der Waals surface area (Å²) in [6.07, 6.45) is 1.25. The number of rotatable bonds is 4. The zero-order valence-electron chi connectivity index (χ0n) is 12.8. The molecular formula is C14H24N4O2. The molecule has 1 unspecified atom stereocenters. The molecule has 0 bridgehead atoms. The molecule has 1 atom stereocenters. The third-order valence-electron chi connectivity index (χ3n) is 2.52. The van der Waals surface area contributed by atoms with E-state index in [0.717, 1.165) is 11.4 Å². The molecule has 1 aromatic rings. The first kappa shape index (κ1) is 16.2. The van der Waals surface area contributed by atoms with Crippen LogP contribution in [-0.2, 0) is 4.74 Å². The summed E-state index contributed by atoms with van der Waals surface area (Å²) >= 11 is 0. The molecule has 3 N–H and O–H groups in total. The quantitative estimate of drug-likeness (QED) is 0.877. The van der Waals surface area contributed by atoms with Crippen LogP contribution in [0.5, 0.6) is 0 Å². The van der Waals surface area contributed by atoms with Crippen molar-refractivity contribution in [1.29, 1.82) is 0 Å². The highest BCUT2D eigenvalue weighted by Crippen LogP contribution is 2.13. The Bertz CT molecular complexity index is 437. The van der Waals surface area contributed by atoms with Gasteiger partial charge in [-0.1, -0.05) is 6.07 Å². The van der Waals surface area contributed by atoms with Gasteiger partial charge in [0.05, 0.1) is 0 Å². The molecule has 0 aliphatic heterocycles. The minimum absolute atomic E-state index is 0.303. The second-order valence-electron chi connectivity index (χ2n) is 5.83. The van der Waals surface area contributed by atoms with Crippen LogP contribution in [0.4, 0.5) is 10.6 Å². The van der Waals surface area contributed by atoms with Gasteiger partial charge in [-0.3, -0.25) is 0 Å². The first-order valence-corrected chi connectivity index (χ1v) is 6.55. The first-order chi connectivity index (χ1) is 9.19. The van der Waals surface area contributed by atoms with Crippen LogP contribution < -0.4 is 16.0 Å². The summed E-state index contributed by atoms with van der Waals surface area (Å²) in [4.78, 5) is 17.7. The maximum absolute atomic E-state index is 11.5. The highest BCUT2D eigenvalue weighted by molar-refractivity contribution is 5.67. The molecule has 1 heterocycles. The van der Waals surface area contributed by atoms with E-state index < -0.39 is 11.7 Å². The topological polar surface area (TPSA) is 80.5 Å². The van der Waals surface area contributed by atoms with Crippen molar-refractivity contribution in [3.05, 3.63) is 23.9 Å². The number of ether oxygens (including phenoxy) is 1. The monoisotopic (exact) mass is 280 g/mol. The van der Waals surface area contributed by atoms with E-state index in [0.29, 0.717) is 6.54 Å². The van der Waals surface area contributed by atoms with Gasteiger partial charge in [-0.25, -0.2) is 9.78 Å². The number of pyridine rings is 1. The van der Waals surface area contributed by atoms with Crippen molar-refractivity contribution in [2.75, 3.05) is 25.5 Å². The Kier molecular flexibility index (Phi) is 5.33. The average Bonchev–Trinajstić information content (AvgIpc) is 2.34. The maximum Gasteiger partial charge on any atom is 0.407 e. The van der Waals surface area contributed by atoms with Crippen LogP contribution >= 0.6 is 0 Å². The number of aromatic nitrogens is 1. The smallest absolute Gasteiger partial charge is 0.407 e. The lowest BCUT2D eigenvalue weighted by molar-refractivity contribution is 0.0524. The van der Waals surface area contributed by atoms with Gasteiger partial charge in [0.2, 0.25) is 0 Å². The highest BCUT2D eigenvalue weighted by Gasteiger charge is 2.17. The predicted octanol–water partition coefficient (Wildman–Crippen LogP) is 1.67.